The molecule has 0 radical (unpaired) electrons. The Bertz CT molecular complexity index is 429. The molecule has 1 saturated carbocycles. The molecular formula is C12H14ClNO2. The van der Waals surface area contributed by atoms with Gasteiger partial charge in [0.2, 0.25) is 0 Å². The molecule has 1 aliphatic heterocycles. The SMILES string of the molecule is CNCc1cc2c(cc1Cl)OC1(CCC1)O2. The van der Waals surface area contributed by atoms with E-state index >= 15 is 0 Å². The summed E-state index contributed by atoms with van der Waals surface area (Å²) >= 11 is 6.17. The van der Waals surface area contributed by atoms with E-state index in [0.717, 1.165) is 41.5 Å². The number of rotatable bonds is 2. The largest absolute Gasteiger partial charge is 0.448 e. The van der Waals surface area contributed by atoms with Crippen molar-refractivity contribution < 1.29 is 9.47 Å². The predicted octanol–water partition coefficient (Wildman–Crippen LogP) is 2.71. The smallest absolute Gasteiger partial charge is 0.251 e. The van der Waals surface area contributed by atoms with Crippen LogP contribution in [0.4, 0.5) is 0 Å². The molecule has 1 aliphatic carbocycles. The highest BCUT2D eigenvalue weighted by Gasteiger charge is 2.47. The van der Waals surface area contributed by atoms with Gasteiger partial charge in [-0.2, -0.15) is 0 Å². The third-order valence-corrected chi connectivity index (χ3v) is 3.54. The standard InChI is InChI=1S/C12H14ClNO2/c1-14-7-8-5-10-11(6-9(8)13)16-12(15-10)3-2-4-12/h5-6,14H,2-4,7H2,1H3. The van der Waals surface area contributed by atoms with Crippen molar-refractivity contribution in [3.63, 3.8) is 0 Å². The molecule has 0 saturated heterocycles. The molecule has 1 aromatic rings. The van der Waals surface area contributed by atoms with Gasteiger partial charge in [-0.15, -0.1) is 0 Å². The van der Waals surface area contributed by atoms with Crippen molar-refractivity contribution in [3.8, 4) is 11.5 Å². The molecule has 16 heavy (non-hydrogen) atoms. The highest BCUT2D eigenvalue weighted by atomic mass is 35.5. The number of ether oxygens (including phenoxy) is 2. The summed E-state index contributed by atoms with van der Waals surface area (Å²) in [7, 11) is 1.90. The fourth-order valence-corrected chi connectivity index (χ4v) is 2.37. The molecule has 1 spiro atoms. The van der Waals surface area contributed by atoms with Gasteiger partial charge in [-0.1, -0.05) is 11.6 Å². The summed E-state index contributed by atoms with van der Waals surface area (Å²) in [6, 6.07) is 3.83. The van der Waals surface area contributed by atoms with Gasteiger partial charge in [0, 0.05) is 30.5 Å². The minimum atomic E-state index is -0.371. The van der Waals surface area contributed by atoms with Crippen molar-refractivity contribution in [2.75, 3.05) is 7.05 Å². The quantitative estimate of drug-likeness (QED) is 0.861. The van der Waals surface area contributed by atoms with Gasteiger partial charge in [0.05, 0.1) is 0 Å². The lowest BCUT2D eigenvalue weighted by Gasteiger charge is -2.35. The maximum Gasteiger partial charge on any atom is 0.251 e. The van der Waals surface area contributed by atoms with E-state index in [1.165, 1.54) is 6.42 Å². The Hall–Kier alpha value is -0.930. The van der Waals surface area contributed by atoms with Crippen molar-refractivity contribution in [3.05, 3.63) is 22.7 Å². The van der Waals surface area contributed by atoms with E-state index in [1.54, 1.807) is 0 Å². The highest BCUT2D eigenvalue weighted by molar-refractivity contribution is 6.31. The molecule has 1 fully saturated rings. The number of nitrogens with one attached hydrogen (secondary N) is 1. The molecule has 0 amide bonds. The first-order valence-corrected chi connectivity index (χ1v) is 5.95. The third kappa shape index (κ3) is 1.46. The summed E-state index contributed by atoms with van der Waals surface area (Å²) in [6.45, 7) is 0.739. The second kappa shape index (κ2) is 3.54. The van der Waals surface area contributed by atoms with Crippen molar-refractivity contribution >= 4 is 11.6 Å². The van der Waals surface area contributed by atoms with Crippen LogP contribution in [-0.2, 0) is 6.54 Å². The lowest BCUT2D eigenvalue weighted by molar-refractivity contribution is -0.138. The zero-order valence-electron chi connectivity index (χ0n) is 9.18. The fourth-order valence-electron chi connectivity index (χ4n) is 2.15. The molecule has 0 bridgehead atoms. The molecule has 4 heteroatoms. The molecule has 1 heterocycles. The molecule has 86 valence electrons. The first-order chi connectivity index (χ1) is 7.72. The molecule has 1 aromatic carbocycles. The maximum atomic E-state index is 6.17. The highest BCUT2D eigenvalue weighted by Crippen LogP contribution is 2.49. The minimum absolute atomic E-state index is 0.371. The Labute approximate surface area is 99.7 Å². The number of hydrogen-bond donors (Lipinski definition) is 1. The van der Waals surface area contributed by atoms with Crippen LogP contribution < -0.4 is 14.8 Å². The molecule has 0 atom stereocenters. The van der Waals surface area contributed by atoms with E-state index < -0.39 is 0 Å². The third-order valence-electron chi connectivity index (χ3n) is 3.19. The Kier molecular flexibility index (Phi) is 2.26. The normalized spacial score (nSPS) is 19.9. The topological polar surface area (TPSA) is 30.5 Å². The summed E-state index contributed by atoms with van der Waals surface area (Å²) in [5, 5.41) is 3.81. The van der Waals surface area contributed by atoms with Crippen molar-refractivity contribution in [1.29, 1.82) is 0 Å². The summed E-state index contributed by atoms with van der Waals surface area (Å²) in [4.78, 5) is 0. The van der Waals surface area contributed by atoms with Crippen LogP contribution >= 0.6 is 11.6 Å². The predicted molar refractivity (Wildman–Crippen MR) is 62.1 cm³/mol. The van der Waals surface area contributed by atoms with E-state index in [-0.39, 0.29) is 5.79 Å². The lowest BCUT2D eigenvalue weighted by Crippen LogP contribution is -2.45. The summed E-state index contributed by atoms with van der Waals surface area (Å²) in [6.07, 6.45) is 3.12. The zero-order valence-corrected chi connectivity index (χ0v) is 9.93. The summed E-state index contributed by atoms with van der Waals surface area (Å²) in [5.74, 6) is 1.24. The van der Waals surface area contributed by atoms with Crippen LogP contribution in [0.2, 0.25) is 5.02 Å². The first-order valence-electron chi connectivity index (χ1n) is 5.57. The van der Waals surface area contributed by atoms with Crippen LogP contribution in [0.3, 0.4) is 0 Å². The molecule has 3 nitrogen and oxygen atoms in total. The van der Waals surface area contributed by atoms with Crippen molar-refractivity contribution in [2.45, 2.75) is 31.6 Å². The number of fused-ring (bicyclic) bond motifs is 1. The second-order valence-electron chi connectivity index (χ2n) is 4.39. The van der Waals surface area contributed by atoms with Gasteiger partial charge < -0.3 is 14.8 Å². The first kappa shape index (κ1) is 10.2. The average molecular weight is 240 g/mol. The fraction of sp³-hybridized carbons (Fsp3) is 0.500. The zero-order chi connectivity index (χ0) is 11.2. The Morgan fingerprint density at radius 3 is 2.56 bits per heavy atom. The Balaban J connectivity index is 1.93. The number of hydrogen-bond acceptors (Lipinski definition) is 3. The van der Waals surface area contributed by atoms with Crippen LogP contribution in [0.25, 0.3) is 0 Å². The van der Waals surface area contributed by atoms with Gasteiger partial charge >= 0.3 is 0 Å². The maximum absolute atomic E-state index is 6.17. The minimum Gasteiger partial charge on any atom is -0.448 e. The average Bonchev–Trinajstić information content (AvgIpc) is 2.57. The summed E-state index contributed by atoms with van der Waals surface area (Å²) < 4.78 is 11.7. The van der Waals surface area contributed by atoms with E-state index in [1.807, 2.05) is 19.2 Å². The van der Waals surface area contributed by atoms with Crippen LogP contribution in [0.15, 0.2) is 12.1 Å². The number of benzene rings is 1. The van der Waals surface area contributed by atoms with Crippen LogP contribution in [0.5, 0.6) is 11.5 Å². The second-order valence-corrected chi connectivity index (χ2v) is 4.80. The lowest BCUT2D eigenvalue weighted by atomic mass is 9.91. The molecule has 0 aromatic heterocycles. The molecule has 0 unspecified atom stereocenters. The van der Waals surface area contributed by atoms with Gasteiger partial charge in [-0.05, 0) is 25.1 Å². The van der Waals surface area contributed by atoms with E-state index in [4.69, 9.17) is 21.1 Å². The molecular weight excluding hydrogens is 226 g/mol. The van der Waals surface area contributed by atoms with Crippen molar-refractivity contribution in [2.24, 2.45) is 0 Å². The number of halogens is 1. The molecule has 3 rings (SSSR count). The summed E-state index contributed by atoms with van der Waals surface area (Å²) in [5.41, 5.74) is 1.04. The van der Waals surface area contributed by atoms with E-state index in [0.29, 0.717) is 0 Å². The van der Waals surface area contributed by atoms with Gasteiger partial charge in [-0.25, -0.2) is 0 Å². The molecule has 2 aliphatic rings. The van der Waals surface area contributed by atoms with Crippen LogP contribution in [-0.4, -0.2) is 12.8 Å². The Morgan fingerprint density at radius 2 is 2.00 bits per heavy atom. The van der Waals surface area contributed by atoms with Crippen LogP contribution in [0, 0.1) is 0 Å². The van der Waals surface area contributed by atoms with Gasteiger partial charge in [-0.3, -0.25) is 0 Å². The van der Waals surface area contributed by atoms with Crippen LogP contribution in [0.1, 0.15) is 24.8 Å². The van der Waals surface area contributed by atoms with E-state index in [2.05, 4.69) is 5.32 Å². The molecule has 1 N–H and O–H groups in total. The van der Waals surface area contributed by atoms with Crippen molar-refractivity contribution in [1.82, 2.24) is 5.32 Å². The van der Waals surface area contributed by atoms with Gasteiger partial charge in [0.25, 0.3) is 5.79 Å². The monoisotopic (exact) mass is 239 g/mol. The van der Waals surface area contributed by atoms with Gasteiger partial charge in [0.15, 0.2) is 11.5 Å². The Morgan fingerprint density at radius 1 is 1.31 bits per heavy atom. The van der Waals surface area contributed by atoms with E-state index in [9.17, 15) is 0 Å². The van der Waals surface area contributed by atoms with Gasteiger partial charge in [0.1, 0.15) is 0 Å².